The van der Waals surface area contributed by atoms with E-state index in [0.29, 0.717) is 29.6 Å². The van der Waals surface area contributed by atoms with E-state index in [2.05, 4.69) is 15.1 Å². The Bertz CT molecular complexity index is 905. The highest BCUT2D eigenvalue weighted by Gasteiger charge is 2.14. The third kappa shape index (κ3) is 3.50. The zero-order valence-electron chi connectivity index (χ0n) is 14.0. The molecule has 7 heteroatoms. The Hall–Kier alpha value is -3.22. The molecule has 0 aliphatic carbocycles. The number of aromatic nitrogens is 4. The van der Waals surface area contributed by atoms with Crippen molar-refractivity contribution in [1.29, 1.82) is 0 Å². The number of carboxylic acids is 1. The number of aryl methyl sites for hydroxylation is 1. The zero-order chi connectivity index (χ0) is 17.8. The van der Waals surface area contributed by atoms with E-state index in [4.69, 9.17) is 4.74 Å². The number of para-hydroxylation sites is 1. The number of aromatic carboxylic acids is 1. The van der Waals surface area contributed by atoms with Crippen LogP contribution in [0.5, 0.6) is 11.6 Å². The zero-order valence-corrected chi connectivity index (χ0v) is 14.0. The smallest absolute Gasteiger partial charge is 0.224 e. The van der Waals surface area contributed by atoms with Crippen molar-refractivity contribution in [2.75, 3.05) is 0 Å². The molecule has 25 heavy (non-hydrogen) atoms. The molecule has 2 heterocycles. The van der Waals surface area contributed by atoms with E-state index in [1.165, 1.54) is 17.2 Å². The number of carbonyl (C=O) groups excluding carboxylic acids is 1. The van der Waals surface area contributed by atoms with Crippen molar-refractivity contribution in [2.24, 2.45) is 0 Å². The minimum atomic E-state index is -1.25. The van der Waals surface area contributed by atoms with E-state index >= 15 is 0 Å². The van der Waals surface area contributed by atoms with Gasteiger partial charge in [-0.3, -0.25) is 0 Å². The number of nitrogens with zero attached hydrogens (tertiary/aromatic N) is 4. The summed E-state index contributed by atoms with van der Waals surface area (Å²) in [5.41, 5.74) is 1.59. The van der Waals surface area contributed by atoms with Crippen molar-refractivity contribution in [3.8, 4) is 17.4 Å². The van der Waals surface area contributed by atoms with Crippen LogP contribution >= 0.6 is 0 Å². The maximum atomic E-state index is 11.3. The van der Waals surface area contributed by atoms with E-state index in [1.54, 1.807) is 6.07 Å². The maximum Gasteiger partial charge on any atom is 0.224 e. The van der Waals surface area contributed by atoms with Crippen LogP contribution in [0.1, 0.15) is 35.0 Å². The van der Waals surface area contributed by atoms with Crippen molar-refractivity contribution >= 4 is 5.97 Å². The number of hydrogen-bond donors (Lipinski definition) is 0. The first-order valence-corrected chi connectivity index (χ1v) is 7.94. The number of ether oxygens (including phenoxy) is 1. The van der Waals surface area contributed by atoms with Crippen molar-refractivity contribution in [2.45, 2.75) is 26.7 Å². The lowest BCUT2D eigenvalue weighted by Crippen LogP contribution is -2.23. The van der Waals surface area contributed by atoms with Crippen LogP contribution in [0.3, 0.4) is 0 Å². The topological polar surface area (TPSA) is 93.0 Å². The first-order chi connectivity index (χ1) is 12.1. The van der Waals surface area contributed by atoms with E-state index in [0.717, 1.165) is 12.0 Å². The molecular formula is C18H17N4O3-. The van der Waals surface area contributed by atoms with Crippen LogP contribution in [0.2, 0.25) is 0 Å². The van der Waals surface area contributed by atoms with E-state index in [1.807, 2.05) is 38.1 Å². The number of hydrogen-bond acceptors (Lipinski definition) is 6. The highest BCUT2D eigenvalue weighted by Crippen LogP contribution is 2.24. The molecule has 0 saturated carbocycles. The van der Waals surface area contributed by atoms with Crippen LogP contribution in [0.15, 0.2) is 42.9 Å². The van der Waals surface area contributed by atoms with Crippen molar-refractivity contribution in [1.82, 2.24) is 19.7 Å². The summed E-state index contributed by atoms with van der Waals surface area (Å²) >= 11 is 0. The van der Waals surface area contributed by atoms with Gasteiger partial charge >= 0.3 is 0 Å². The summed E-state index contributed by atoms with van der Waals surface area (Å²) in [5.74, 6) is 0.235. The Balaban J connectivity index is 1.97. The molecule has 2 aromatic heterocycles. The molecule has 0 bridgehead atoms. The molecule has 7 nitrogen and oxygen atoms in total. The molecule has 0 aliphatic rings. The fourth-order valence-corrected chi connectivity index (χ4v) is 2.50. The number of carbonyl (C=O) groups is 1. The molecular weight excluding hydrogens is 320 g/mol. The third-order valence-corrected chi connectivity index (χ3v) is 3.73. The number of carboxylic acid groups (broad SMARTS) is 1. The number of rotatable bonds is 6. The van der Waals surface area contributed by atoms with Gasteiger partial charge in [0.2, 0.25) is 5.88 Å². The van der Waals surface area contributed by atoms with Gasteiger partial charge < -0.3 is 14.6 Å². The molecule has 0 radical (unpaired) electrons. The van der Waals surface area contributed by atoms with Gasteiger partial charge in [0.15, 0.2) is 5.82 Å². The summed E-state index contributed by atoms with van der Waals surface area (Å²) in [4.78, 5) is 19.6. The molecule has 3 aromatic rings. The highest BCUT2D eigenvalue weighted by atomic mass is 16.5. The van der Waals surface area contributed by atoms with E-state index < -0.39 is 5.97 Å². The molecule has 1 aromatic carbocycles. The lowest BCUT2D eigenvalue weighted by atomic mass is 10.1. The van der Waals surface area contributed by atoms with Crippen LogP contribution in [0, 0.1) is 6.92 Å². The molecule has 3 rings (SSSR count). The molecule has 0 atom stereocenters. The lowest BCUT2D eigenvalue weighted by molar-refractivity contribution is -0.255. The van der Waals surface area contributed by atoms with Crippen LogP contribution in [-0.4, -0.2) is 25.7 Å². The Morgan fingerprint density at radius 2 is 2.08 bits per heavy atom. The Morgan fingerprint density at radius 1 is 1.28 bits per heavy atom. The average molecular weight is 337 g/mol. The molecule has 0 aliphatic heterocycles. The minimum absolute atomic E-state index is 0.0711. The summed E-state index contributed by atoms with van der Waals surface area (Å²) in [6.45, 7) is 3.90. The van der Waals surface area contributed by atoms with E-state index in [9.17, 15) is 9.90 Å². The molecule has 0 unspecified atom stereocenters. The minimum Gasteiger partial charge on any atom is -0.545 e. The SMILES string of the molecule is CCCc1c(C(=O)[O-])cnn1-c1cc(Oc2ccccc2C)ncn1. The summed E-state index contributed by atoms with van der Waals surface area (Å²) in [6, 6.07) is 9.22. The van der Waals surface area contributed by atoms with Gasteiger partial charge in [-0.25, -0.2) is 14.6 Å². The normalized spacial score (nSPS) is 10.6. The molecule has 0 fully saturated rings. The fourth-order valence-electron chi connectivity index (χ4n) is 2.50. The average Bonchev–Trinajstić information content (AvgIpc) is 3.02. The second kappa shape index (κ2) is 7.12. The summed E-state index contributed by atoms with van der Waals surface area (Å²) in [5, 5.41) is 15.4. The second-order valence-corrected chi connectivity index (χ2v) is 5.54. The van der Waals surface area contributed by atoms with Gasteiger partial charge in [-0.2, -0.15) is 5.10 Å². The molecule has 0 saturated heterocycles. The van der Waals surface area contributed by atoms with Gasteiger partial charge in [-0.15, -0.1) is 0 Å². The van der Waals surface area contributed by atoms with Crippen molar-refractivity contribution in [3.05, 3.63) is 59.7 Å². The highest BCUT2D eigenvalue weighted by molar-refractivity contribution is 5.87. The lowest BCUT2D eigenvalue weighted by Gasteiger charge is -2.11. The quantitative estimate of drug-likeness (QED) is 0.684. The summed E-state index contributed by atoms with van der Waals surface area (Å²) in [7, 11) is 0. The monoisotopic (exact) mass is 337 g/mol. The van der Waals surface area contributed by atoms with Crippen molar-refractivity contribution in [3.63, 3.8) is 0 Å². The van der Waals surface area contributed by atoms with Gasteiger partial charge in [0, 0.05) is 11.6 Å². The predicted molar refractivity (Wildman–Crippen MR) is 88.7 cm³/mol. The van der Waals surface area contributed by atoms with Crippen LogP contribution in [0.25, 0.3) is 5.82 Å². The second-order valence-electron chi connectivity index (χ2n) is 5.54. The molecule has 0 amide bonds. The Morgan fingerprint density at radius 3 is 2.80 bits per heavy atom. The first-order valence-electron chi connectivity index (χ1n) is 7.94. The summed E-state index contributed by atoms with van der Waals surface area (Å²) < 4.78 is 7.29. The number of benzene rings is 1. The standard InChI is InChI=1S/C18H18N4O3/c1-3-6-14-13(18(23)24)10-21-22(14)16-9-17(20-11-19-16)25-15-8-5-4-7-12(15)2/h4-5,7-11H,3,6H2,1-2H3,(H,23,24)/p-1. The molecule has 128 valence electrons. The van der Waals surface area contributed by atoms with Gasteiger partial charge in [0.1, 0.15) is 12.1 Å². The maximum absolute atomic E-state index is 11.3. The Labute approximate surface area is 144 Å². The van der Waals surface area contributed by atoms with Gasteiger partial charge in [-0.1, -0.05) is 31.5 Å². The summed E-state index contributed by atoms with van der Waals surface area (Å²) in [6.07, 6.45) is 3.95. The molecule has 0 spiro atoms. The predicted octanol–water partition coefficient (Wildman–Crippen LogP) is 2.08. The van der Waals surface area contributed by atoms with Crippen LogP contribution < -0.4 is 9.84 Å². The van der Waals surface area contributed by atoms with Crippen molar-refractivity contribution < 1.29 is 14.6 Å². The van der Waals surface area contributed by atoms with Crippen LogP contribution in [0.4, 0.5) is 0 Å². The third-order valence-electron chi connectivity index (χ3n) is 3.73. The van der Waals surface area contributed by atoms with E-state index in [-0.39, 0.29) is 5.56 Å². The van der Waals surface area contributed by atoms with Crippen LogP contribution in [-0.2, 0) is 6.42 Å². The van der Waals surface area contributed by atoms with Gasteiger partial charge in [-0.05, 0) is 25.0 Å². The Kier molecular flexibility index (Phi) is 4.74. The first kappa shape index (κ1) is 16.6. The fraction of sp³-hybridized carbons (Fsp3) is 0.222. The van der Waals surface area contributed by atoms with Gasteiger partial charge in [0.05, 0.1) is 17.9 Å². The van der Waals surface area contributed by atoms with Gasteiger partial charge in [0.25, 0.3) is 0 Å². The molecule has 0 N–H and O–H groups in total. The largest absolute Gasteiger partial charge is 0.545 e.